The molecule has 0 radical (unpaired) electrons. The van der Waals surface area contributed by atoms with Gasteiger partial charge >= 0.3 is 0 Å². The molecule has 7 heteroatoms. The fraction of sp³-hybridized carbons (Fsp3) is 0.462. The van der Waals surface area contributed by atoms with E-state index in [4.69, 9.17) is 11.6 Å². The highest BCUT2D eigenvalue weighted by Gasteiger charge is 2.21. The first-order valence-electron chi connectivity index (χ1n) is 6.30. The summed E-state index contributed by atoms with van der Waals surface area (Å²) in [5.74, 6) is 0. The maximum absolute atomic E-state index is 6.43. The Labute approximate surface area is 145 Å². The topological polar surface area (TPSA) is 29.9 Å². The van der Waals surface area contributed by atoms with E-state index in [1.165, 1.54) is 5.56 Å². The third-order valence-corrected chi connectivity index (χ3v) is 6.13. The van der Waals surface area contributed by atoms with E-state index in [9.17, 15) is 0 Å². The summed E-state index contributed by atoms with van der Waals surface area (Å²) in [5.41, 5.74) is 3.27. The van der Waals surface area contributed by atoms with Crippen molar-refractivity contribution in [1.82, 2.24) is 15.1 Å². The lowest BCUT2D eigenvalue weighted by molar-refractivity contribution is 0.561. The van der Waals surface area contributed by atoms with Gasteiger partial charge in [-0.3, -0.25) is 4.68 Å². The fourth-order valence-corrected chi connectivity index (χ4v) is 5.54. The number of aryl methyl sites for hydroxylation is 2. The van der Waals surface area contributed by atoms with Crippen LogP contribution in [0, 0.1) is 0 Å². The van der Waals surface area contributed by atoms with E-state index in [1.54, 1.807) is 11.3 Å². The molecule has 2 aromatic rings. The van der Waals surface area contributed by atoms with Crippen LogP contribution >= 0.6 is 54.8 Å². The molecular formula is C13H16Br2ClN3S. The van der Waals surface area contributed by atoms with Crippen LogP contribution in [0.2, 0.25) is 5.02 Å². The molecule has 3 nitrogen and oxygen atoms in total. The molecule has 1 N–H and O–H groups in total. The molecular weight excluding hydrogens is 425 g/mol. The molecule has 0 spiro atoms. The highest BCUT2D eigenvalue weighted by atomic mass is 79.9. The fourth-order valence-electron chi connectivity index (χ4n) is 2.19. The molecule has 0 aliphatic rings. The summed E-state index contributed by atoms with van der Waals surface area (Å²) in [5, 5.41) is 8.63. The molecule has 1 unspecified atom stereocenters. The number of nitrogens with zero attached hydrogens (tertiary/aromatic N) is 2. The Morgan fingerprint density at radius 2 is 2.20 bits per heavy atom. The van der Waals surface area contributed by atoms with Crippen LogP contribution in [0.3, 0.4) is 0 Å². The Bertz CT molecular complexity index is 609. The maximum Gasteiger partial charge on any atom is 0.0850 e. The first-order valence-corrected chi connectivity index (χ1v) is 9.08. The van der Waals surface area contributed by atoms with Crippen LogP contribution < -0.4 is 5.32 Å². The minimum Gasteiger partial charge on any atom is -0.313 e. The number of hydrogen-bond donors (Lipinski definition) is 1. The minimum absolute atomic E-state index is 0.199. The van der Waals surface area contributed by atoms with E-state index in [2.05, 4.69) is 55.3 Å². The van der Waals surface area contributed by atoms with Gasteiger partial charge in [0.25, 0.3) is 0 Å². The number of nitrogens with one attached hydrogen (secondary N) is 1. The van der Waals surface area contributed by atoms with Crippen LogP contribution in [-0.4, -0.2) is 16.8 Å². The van der Waals surface area contributed by atoms with Gasteiger partial charge in [-0.25, -0.2) is 0 Å². The summed E-state index contributed by atoms with van der Waals surface area (Å²) in [6.07, 6.45) is 1.66. The van der Waals surface area contributed by atoms with E-state index >= 15 is 0 Å². The van der Waals surface area contributed by atoms with Crippen LogP contribution in [0.5, 0.6) is 0 Å². The van der Waals surface area contributed by atoms with Gasteiger partial charge < -0.3 is 5.32 Å². The Morgan fingerprint density at radius 3 is 2.65 bits per heavy atom. The van der Waals surface area contributed by atoms with Gasteiger partial charge in [0.15, 0.2) is 0 Å². The molecule has 110 valence electrons. The van der Waals surface area contributed by atoms with Crippen molar-refractivity contribution >= 4 is 54.8 Å². The molecule has 20 heavy (non-hydrogen) atoms. The molecule has 0 aliphatic heterocycles. The second kappa shape index (κ2) is 6.92. The van der Waals surface area contributed by atoms with Crippen LogP contribution in [0.25, 0.3) is 0 Å². The van der Waals surface area contributed by atoms with Gasteiger partial charge in [0.2, 0.25) is 0 Å². The molecule has 0 fully saturated rings. The Morgan fingerprint density at radius 1 is 1.50 bits per heavy atom. The monoisotopic (exact) mass is 439 g/mol. The van der Waals surface area contributed by atoms with Crippen LogP contribution in [0.15, 0.2) is 13.6 Å². The van der Waals surface area contributed by atoms with E-state index < -0.39 is 0 Å². The predicted octanol–water partition coefficient (Wildman–Crippen LogP) is 4.73. The summed E-state index contributed by atoms with van der Waals surface area (Å²) in [4.78, 5) is 0. The zero-order valence-corrected chi connectivity index (χ0v) is 16.2. The largest absolute Gasteiger partial charge is 0.313 e. The van der Waals surface area contributed by atoms with Crippen molar-refractivity contribution in [2.24, 2.45) is 7.05 Å². The van der Waals surface area contributed by atoms with Crippen LogP contribution in [0.1, 0.15) is 29.9 Å². The van der Waals surface area contributed by atoms with Gasteiger partial charge in [-0.1, -0.05) is 18.5 Å². The number of rotatable bonds is 5. The summed E-state index contributed by atoms with van der Waals surface area (Å²) >= 11 is 15.3. The Kier molecular flexibility index (Phi) is 5.71. The van der Waals surface area contributed by atoms with Crippen molar-refractivity contribution in [3.05, 3.63) is 35.6 Å². The number of halogens is 3. The first-order chi connectivity index (χ1) is 9.47. The van der Waals surface area contributed by atoms with Crippen molar-refractivity contribution in [3.8, 4) is 0 Å². The zero-order valence-electron chi connectivity index (χ0n) is 11.5. The van der Waals surface area contributed by atoms with Gasteiger partial charge in [0.1, 0.15) is 0 Å². The van der Waals surface area contributed by atoms with Gasteiger partial charge in [-0.05, 0) is 57.0 Å². The smallest absolute Gasteiger partial charge is 0.0850 e. The van der Waals surface area contributed by atoms with Crippen molar-refractivity contribution in [2.45, 2.75) is 25.8 Å². The summed E-state index contributed by atoms with van der Waals surface area (Å²) in [6.45, 7) is 2.07. The predicted molar refractivity (Wildman–Crippen MR) is 92.8 cm³/mol. The van der Waals surface area contributed by atoms with Crippen molar-refractivity contribution in [2.75, 3.05) is 7.05 Å². The quantitative estimate of drug-likeness (QED) is 0.727. The average Bonchev–Trinajstić information content (AvgIpc) is 2.87. The average molecular weight is 442 g/mol. The van der Waals surface area contributed by atoms with Crippen molar-refractivity contribution in [1.29, 1.82) is 0 Å². The molecule has 2 rings (SSSR count). The van der Waals surface area contributed by atoms with Gasteiger partial charge in [-0.2, -0.15) is 5.10 Å². The molecule has 2 aromatic heterocycles. The van der Waals surface area contributed by atoms with Crippen LogP contribution in [-0.2, 0) is 19.9 Å². The lowest BCUT2D eigenvalue weighted by Gasteiger charge is -2.16. The van der Waals surface area contributed by atoms with Gasteiger partial charge in [-0.15, -0.1) is 11.3 Å². The van der Waals surface area contributed by atoms with Crippen molar-refractivity contribution < 1.29 is 0 Å². The number of thiophene rings is 1. The molecule has 0 aliphatic carbocycles. The van der Waals surface area contributed by atoms with Crippen LogP contribution in [0.4, 0.5) is 0 Å². The van der Waals surface area contributed by atoms with Gasteiger partial charge in [0, 0.05) is 19.5 Å². The lowest BCUT2D eigenvalue weighted by atomic mass is 10.1. The second-order valence-electron chi connectivity index (χ2n) is 4.51. The number of likely N-dealkylation sites (N-methyl/N-ethyl adjacent to an activating group) is 1. The normalized spacial score (nSPS) is 12.9. The standard InChI is InChI=1S/C13H16Br2ClN3S/c1-4-8-12(16)10(19(3)18-8)6-9(17-2)7-5-11(14)20-13(7)15/h5,9,17H,4,6H2,1-3H3. The molecule has 0 bridgehead atoms. The summed E-state index contributed by atoms with van der Waals surface area (Å²) in [7, 11) is 3.92. The minimum atomic E-state index is 0.199. The number of hydrogen-bond acceptors (Lipinski definition) is 3. The lowest BCUT2D eigenvalue weighted by Crippen LogP contribution is -2.20. The van der Waals surface area contributed by atoms with E-state index in [0.717, 1.165) is 36.8 Å². The molecule has 0 amide bonds. The zero-order chi connectivity index (χ0) is 14.9. The maximum atomic E-state index is 6.43. The highest BCUT2D eigenvalue weighted by molar-refractivity contribution is 9.12. The SMILES string of the molecule is CCc1nn(C)c(CC(NC)c2cc(Br)sc2Br)c1Cl. The van der Waals surface area contributed by atoms with Gasteiger partial charge in [0.05, 0.1) is 24.0 Å². The Hall–Kier alpha value is 0.120. The third kappa shape index (κ3) is 3.30. The van der Waals surface area contributed by atoms with E-state index in [-0.39, 0.29) is 6.04 Å². The second-order valence-corrected chi connectivity index (χ2v) is 8.64. The number of aromatic nitrogens is 2. The first kappa shape index (κ1) is 16.5. The van der Waals surface area contributed by atoms with E-state index in [1.807, 2.05) is 18.8 Å². The Balaban J connectivity index is 2.31. The summed E-state index contributed by atoms with van der Waals surface area (Å²) < 4.78 is 4.14. The van der Waals surface area contributed by atoms with E-state index in [0.29, 0.717) is 0 Å². The van der Waals surface area contributed by atoms with Crippen molar-refractivity contribution in [3.63, 3.8) is 0 Å². The summed E-state index contributed by atoms with van der Waals surface area (Å²) in [6, 6.07) is 2.34. The molecule has 2 heterocycles. The molecule has 0 saturated carbocycles. The molecule has 0 aromatic carbocycles. The highest BCUT2D eigenvalue weighted by Crippen LogP contribution is 2.37. The molecule has 0 saturated heterocycles. The molecule has 1 atom stereocenters. The third-order valence-electron chi connectivity index (χ3n) is 3.31.